The van der Waals surface area contributed by atoms with Gasteiger partial charge in [0.2, 0.25) is 6.79 Å². The molecule has 1 aliphatic rings. The molecule has 6 nitrogen and oxygen atoms in total. The Balaban J connectivity index is 1.35. The summed E-state index contributed by atoms with van der Waals surface area (Å²) in [4.78, 5) is 4.30. The number of nitrogens with zero attached hydrogens (tertiary/aromatic N) is 1. The minimum Gasteiger partial charge on any atom is -0.497 e. The Hall–Kier alpha value is -3.41. The molecule has 0 radical (unpaired) electrons. The summed E-state index contributed by atoms with van der Waals surface area (Å²) in [6.45, 7) is 1.62. The van der Waals surface area contributed by atoms with Crippen LogP contribution in [-0.4, -0.2) is 26.9 Å². The Morgan fingerprint density at radius 3 is 2.36 bits per heavy atom. The number of benzene rings is 3. The second-order valence-corrected chi connectivity index (χ2v) is 6.51. The molecule has 0 saturated carbocycles. The van der Waals surface area contributed by atoms with E-state index < -0.39 is 0 Å². The molecule has 0 aromatic heterocycles. The van der Waals surface area contributed by atoms with Gasteiger partial charge in [0.05, 0.1) is 7.11 Å². The summed E-state index contributed by atoms with van der Waals surface area (Å²) in [7, 11) is 3.45. The molecule has 0 spiro atoms. The zero-order valence-corrected chi connectivity index (χ0v) is 16.0. The predicted octanol–water partition coefficient (Wildman–Crippen LogP) is 3.44. The van der Waals surface area contributed by atoms with E-state index in [9.17, 15) is 0 Å². The molecule has 0 fully saturated rings. The third-order valence-electron chi connectivity index (χ3n) is 4.69. The van der Waals surface area contributed by atoms with Crippen LogP contribution in [0.1, 0.15) is 11.1 Å². The molecule has 3 aromatic rings. The van der Waals surface area contributed by atoms with Crippen LogP contribution in [0.5, 0.6) is 17.2 Å². The third-order valence-corrected chi connectivity index (χ3v) is 4.69. The SMILES string of the molecule is CN=C(NCc1ccc2c(c1)OCO2)NCc1ccc2cc(OC)ccc2c1. The van der Waals surface area contributed by atoms with Crippen molar-refractivity contribution in [3.63, 3.8) is 0 Å². The van der Waals surface area contributed by atoms with Crippen molar-refractivity contribution in [2.24, 2.45) is 4.99 Å². The summed E-state index contributed by atoms with van der Waals surface area (Å²) in [6, 6.07) is 18.4. The Labute approximate surface area is 164 Å². The quantitative estimate of drug-likeness (QED) is 0.527. The maximum atomic E-state index is 5.42. The molecule has 1 aliphatic heterocycles. The number of ether oxygens (including phenoxy) is 3. The lowest BCUT2D eigenvalue weighted by Crippen LogP contribution is -2.36. The Kier molecular flexibility index (Phi) is 5.19. The van der Waals surface area contributed by atoms with Crippen molar-refractivity contribution in [1.29, 1.82) is 0 Å². The molecule has 6 heteroatoms. The van der Waals surface area contributed by atoms with Crippen LogP contribution >= 0.6 is 0 Å². The summed E-state index contributed by atoms with van der Waals surface area (Å²) in [5.74, 6) is 3.19. The lowest BCUT2D eigenvalue weighted by molar-refractivity contribution is 0.174. The van der Waals surface area contributed by atoms with Gasteiger partial charge in [-0.15, -0.1) is 0 Å². The van der Waals surface area contributed by atoms with Gasteiger partial charge < -0.3 is 24.8 Å². The zero-order chi connectivity index (χ0) is 19.3. The van der Waals surface area contributed by atoms with Gasteiger partial charge in [0.25, 0.3) is 0 Å². The van der Waals surface area contributed by atoms with E-state index in [4.69, 9.17) is 14.2 Å². The van der Waals surface area contributed by atoms with E-state index in [0.29, 0.717) is 13.1 Å². The van der Waals surface area contributed by atoms with E-state index in [0.717, 1.165) is 34.2 Å². The highest BCUT2D eigenvalue weighted by Crippen LogP contribution is 2.32. The number of rotatable bonds is 5. The first-order valence-electron chi connectivity index (χ1n) is 9.15. The van der Waals surface area contributed by atoms with Gasteiger partial charge in [-0.25, -0.2) is 0 Å². The second kappa shape index (κ2) is 8.08. The van der Waals surface area contributed by atoms with Crippen LogP contribution in [0.4, 0.5) is 0 Å². The van der Waals surface area contributed by atoms with E-state index in [1.165, 1.54) is 10.9 Å². The summed E-state index contributed by atoms with van der Waals surface area (Å²) in [6.07, 6.45) is 0. The number of fused-ring (bicyclic) bond motifs is 2. The monoisotopic (exact) mass is 377 g/mol. The fraction of sp³-hybridized carbons (Fsp3) is 0.227. The van der Waals surface area contributed by atoms with Gasteiger partial charge in [-0.3, -0.25) is 4.99 Å². The smallest absolute Gasteiger partial charge is 0.231 e. The van der Waals surface area contributed by atoms with Crippen molar-refractivity contribution in [3.05, 3.63) is 65.7 Å². The van der Waals surface area contributed by atoms with E-state index in [1.54, 1.807) is 14.2 Å². The van der Waals surface area contributed by atoms with Crippen LogP contribution in [0.2, 0.25) is 0 Å². The summed E-state index contributed by atoms with van der Waals surface area (Å²) in [5, 5.41) is 9.02. The molecule has 0 unspecified atom stereocenters. The molecule has 4 rings (SSSR count). The van der Waals surface area contributed by atoms with E-state index in [-0.39, 0.29) is 6.79 Å². The van der Waals surface area contributed by atoms with Crippen molar-refractivity contribution < 1.29 is 14.2 Å². The largest absolute Gasteiger partial charge is 0.497 e. The fourth-order valence-corrected chi connectivity index (χ4v) is 3.15. The van der Waals surface area contributed by atoms with Crippen molar-refractivity contribution >= 4 is 16.7 Å². The predicted molar refractivity (Wildman–Crippen MR) is 110 cm³/mol. The molecule has 28 heavy (non-hydrogen) atoms. The van der Waals surface area contributed by atoms with Crippen molar-refractivity contribution in [3.8, 4) is 17.2 Å². The van der Waals surface area contributed by atoms with E-state index in [1.807, 2.05) is 30.3 Å². The molecular weight excluding hydrogens is 354 g/mol. The van der Waals surface area contributed by atoms with Crippen molar-refractivity contribution in [2.75, 3.05) is 21.0 Å². The second-order valence-electron chi connectivity index (χ2n) is 6.51. The molecule has 144 valence electrons. The number of aliphatic imine (C=N–C) groups is 1. The van der Waals surface area contributed by atoms with Gasteiger partial charge in [-0.05, 0) is 52.2 Å². The highest BCUT2D eigenvalue weighted by Gasteiger charge is 2.13. The van der Waals surface area contributed by atoms with Gasteiger partial charge in [-0.1, -0.05) is 24.3 Å². The summed E-state index contributed by atoms with van der Waals surface area (Å²) >= 11 is 0. The standard InChI is InChI=1S/C22H23N3O3/c1-23-22(25-13-16-4-8-20-21(10-16)28-14-27-20)24-12-15-3-5-18-11-19(26-2)7-6-17(18)9-15/h3-11H,12-14H2,1-2H3,(H2,23,24,25). The molecule has 1 heterocycles. The van der Waals surface area contributed by atoms with Crippen LogP contribution in [0.15, 0.2) is 59.6 Å². The number of guanidine groups is 1. The average Bonchev–Trinajstić information content (AvgIpc) is 3.21. The molecule has 0 saturated heterocycles. The number of hydrogen-bond donors (Lipinski definition) is 2. The number of nitrogens with one attached hydrogen (secondary N) is 2. The molecular formula is C22H23N3O3. The van der Waals surface area contributed by atoms with Gasteiger partial charge in [0.1, 0.15) is 5.75 Å². The van der Waals surface area contributed by atoms with Crippen molar-refractivity contribution in [1.82, 2.24) is 10.6 Å². The summed E-state index contributed by atoms with van der Waals surface area (Å²) < 4.78 is 16.1. The Bertz CT molecular complexity index is 1020. The minimum absolute atomic E-state index is 0.286. The first-order chi connectivity index (χ1) is 13.7. The topological polar surface area (TPSA) is 64.1 Å². The third kappa shape index (κ3) is 3.96. The molecule has 0 amide bonds. The van der Waals surface area contributed by atoms with Crippen LogP contribution in [0.3, 0.4) is 0 Å². The van der Waals surface area contributed by atoms with Gasteiger partial charge >= 0.3 is 0 Å². The highest BCUT2D eigenvalue weighted by atomic mass is 16.7. The first-order valence-corrected chi connectivity index (χ1v) is 9.15. The number of hydrogen-bond acceptors (Lipinski definition) is 4. The maximum absolute atomic E-state index is 5.42. The lowest BCUT2D eigenvalue weighted by Gasteiger charge is -2.13. The fourth-order valence-electron chi connectivity index (χ4n) is 3.15. The average molecular weight is 377 g/mol. The molecule has 3 aromatic carbocycles. The van der Waals surface area contributed by atoms with Crippen LogP contribution in [0, 0.1) is 0 Å². The Morgan fingerprint density at radius 1 is 0.893 bits per heavy atom. The van der Waals surface area contributed by atoms with Gasteiger partial charge in [-0.2, -0.15) is 0 Å². The lowest BCUT2D eigenvalue weighted by atomic mass is 10.1. The highest BCUT2D eigenvalue weighted by molar-refractivity contribution is 5.85. The maximum Gasteiger partial charge on any atom is 0.231 e. The molecule has 0 bridgehead atoms. The Morgan fingerprint density at radius 2 is 1.57 bits per heavy atom. The van der Waals surface area contributed by atoms with Crippen LogP contribution in [0.25, 0.3) is 10.8 Å². The normalized spacial score (nSPS) is 12.9. The first kappa shape index (κ1) is 18.0. The van der Waals surface area contributed by atoms with Gasteiger partial charge in [0.15, 0.2) is 17.5 Å². The van der Waals surface area contributed by atoms with E-state index >= 15 is 0 Å². The van der Waals surface area contributed by atoms with E-state index in [2.05, 4.69) is 39.9 Å². The van der Waals surface area contributed by atoms with Crippen molar-refractivity contribution in [2.45, 2.75) is 13.1 Å². The van der Waals surface area contributed by atoms with Gasteiger partial charge in [0, 0.05) is 20.1 Å². The molecule has 0 atom stereocenters. The summed E-state index contributed by atoms with van der Waals surface area (Å²) in [5.41, 5.74) is 2.29. The molecule has 2 N–H and O–H groups in total. The van der Waals surface area contributed by atoms with Crippen LogP contribution in [-0.2, 0) is 13.1 Å². The zero-order valence-electron chi connectivity index (χ0n) is 16.0. The molecule has 0 aliphatic carbocycles. The number of methoxy groups -OCH3 is 1. The van der Waals surface area contributed by atoms with Crippen LogP contribution < -0.4 is 24.8 Å². The minimum atomic E-state index is 0.286.